The van der Waals surface area contributed by atoms with E-state index < -0.39 is 0 Å². The van der Waals surface area contributed by atoms with Crippen molar-refractivity contribution in [2.75, 3.05) is 21.3 Å². The van der Waals surface area contributed by atoms with Crippen molar-refractivity contribution >= 4 is 38.3 Å². The van der Waals surface area contributed by atoms with Gasteiger partial charge in [-0.3, -0.25) is 4.79 Å². The number of carbonyl (C=O) groups excluding carboxylic acids is 1. The van der Waals surface area contributed by atoms with Crippen LogP contribution in [0.25, 0.3) is 0 Å². The van der Waals surface area contributed by atoms with Crippen LogP contribution in [0.1, 0.15) is 36.7 Å². The Bertz CT molecular complexity index is 805. The molecule has 0 radical (unpaired) electrons. The molecular formula is C21H28LiO5P. The summed E-state index contributed by atoms with van der Waals surface area (Å²) in [5, 5.41) is 0.959. The van der Waals surface area contributed by atoms with Crippen molar-refractivity contribution in [3.63, 3.8) is 0 Å². The monoisotopic (exact) mass is 398 g/mol. The van der Waals surface area contributed by atoms with Crippen molar-refractivity contribution in [3.05, 3.63) is 41.5 Å². The van der Waals surface area contributed by atoms with E-state index in [2.05, 4.69) is 0 Å². The molecule has 28 heavy (non-hydrogen) atoms. The fourth-order valence-corrected chi connectivity index (χ4v) is 3.66. The van der Waals surface area contributed by atoms with Crippen LogP contribution in [0.15, 0.2) is 30.3 Å². The third-order valence-electron chi connectivity index (χ3n) is 3.81. The third kappa shape index (κ3) is 6.17. The number of aryl methyl sites for hydroxylation is 1. The Kier molecular flexibility index (Phi) is 8.89. The summed E-state index contributed by atoms with van der Waals surface area (Å²) in [6.45, 7) is 7.99. The van der Waals surface area contributed by atoms with Gasteiger partial charge in [0.1, 0.15) is 34.2 Å². The zero-order chi connectivity index (χ0) is 20.2. The molecule has 0 heterocycles. The van der Waals surface area contributed by atoms with Gasteiger partial charge in [-0.2, -0.15) is 0 Å². The van der Waals surface area contributed by atoms with Crippen molar-refractivity contribution in [1.29, 1.82) is 0 Å². The third-order valence-corrected chi connectivity index (χ3v) is 5.12. The minimum atomic E-state index is -0.268. The van der Waals surface area contributed by atoms with Gasteiger partial charge in [-0.15, -0.1) is 0 Å². The molecule has 0 aliphatic heterocycles. The summed E-state index contributed by atoms with van der Waals surface area (Å²) >= 11 is 0. The Morgan fingerprint density at radius 3 is 1.89 bits per heavy atom. The summed E-state index contributed by atoms with van der Waals surface area (Å²) in [4.78, 5) is 13.0. The molecule has 1 unspecified atom stereocenters. The SMILES string of the molecule is COc1cc(OC)c(C(=O)Pc2ccc(OC(C)(C)C)cc2C)c(OC)c1.[LiH]. The first-order chi connectivity index (χ1) is 12.7. The summed E-state index contributed by atoms with van der Waals surface area (Å²) in [5.74, 6) is 2.24. The van der Waals surface area contributed by atoms with Gasteiger partial charge in [-0.05, 0) is 59.3 Å². The molecule has 2 aromatic rings. The summed E-state index contributed by atoms with van der Waals surface area (Å²) in [7, 11) is 4.55. The van der Waals surface area contributed by atoms with Gasteiger partial charge in [0.15, 0.2) is 5.52 Å². The molecule has 0 saturated carbocycles. The van der Waals surface area contributed by atoms with E-state index in [1.807, 2.05) is 45.9 Å². The van der Waals surface area contributed by atoms with E-state index >= 15 is 0 Å². The number of ether oxygens (including phenoxy) is 4. The molecule has 0 N–H and O–H groups in total. The molecule has 0 amide bonds. The predicted octanol–water partition coefficient (Wildman–Crippen LogP) is 3.69. The Morgan fingerprint density at radius 2 is 1.46 bits per heavy atom. The Morgan fingerprint density at radius 1 is 0.893 bits per heavy atom. The first-order valence-electron chi connectivity index (χ1n) is 8.59. The van der Waals surface area contributed by atoms with Crippen molar-refractivity contribution < 1.29 is 23.7 Å². The van der Waals surface area contributed by atoms with Gasteiger partial charge in [0.2, 0.25) is 0 Å². The molecular weight excluding hydrogens is 370 g/mol. The summed E-state index contributed by atoms with van der Waals surface area (Å²) in [6, 6.07) is 9.18. The van der Waals surface area contributed by atoms with Gasteiger partial charge in [0, 0.05) is 12.1 Å². The molecule has 2 aromatic carbocycles. The second kappa shape index (κ2) is 10.2. The summed E-state index contributed by atoms with van der Waals surface area (Å²) in [5.41, 5.74) is 1.11. The van der Waals surface area contributed by atoms with Crippen LogP contribution >= 0.6 is 8.58 Å². The van der Waals surface area contributed by atoms with Crippen LogP contribution < -0.4 is 24.3 Å². The average Bonchev–Trinajstić information content (AvgIpc) is 2.61. The van der Waals surface area contributed by atoms with Crippen LogP contribution in [-0.2, 0) is 0 Å². The van der Waals surface area contributed by atoms with E-state index in [0.29, 0.717) is 22.8 Å². The van der Waals surface area contributed by atoms with Gasteiger partial charge >= 0.3 is 18.9 Å². The van der Waals surface area contributed by atoms with E-state index in [4.69, 9.17) is 18.9 Å². The average molecular weight is 398 g/mol. The van der Waals surface area contributed by atoms with E-state index in [1.165, 1.54) is 14.2 Å². The Balaban J connectivity index is 0.00000392. The molecule has 0 fully saturated rings. The molecule has 0 aromatic heterocycles. The number of methoxy groups -OCH3 is 3. The molecule has 0 aliphatic carbocycles. The van der Waals surface area contributed by atoms with Gasteiger partial charge in [-0.25, -0.2) is 0 Å². The van der Waals surface area contributed by atoms with Crippen LogP contribution in [0.4, 0.5) is 0 Å². The number of hydrogen-bond acceptors (Lipinski definition) is 5. The Hall–Kier alpha value is -1.66. The molecule has 0 aliphatic rings. The van der Waals surface area contributed by atoms with Gasteiger partial charge in [0.25, 0.3) is 0 Å². The second-order valence-corrected chi connectivity index (χ2v) is 8.30. The first-order valence-corrected chi connectivity index (χ1v) is 9.59. The van der Waals surface area contributed by atoms with Gasteiger partial charge in [-0.1, -0.05) is 6.07 Å². The number of rotatable bonds is 7. The molecule has 0 spiro atoms. The molecule has 7 heteroatoms. The van der Waals surface area contributed by atoms with Crippen LogP contribution in [0, 0.1) is 6.92 Å². The number of benzene rings is 2. The number of carbonyl (C=O) groups is 1. The molecule has 1 atom stereocenters. The van der Waals surface area contributed by atoms with Crippen molar-refractivity contribution in [2.45, 2.75) is 33.3 Å². The molecule has 148 valence electrons. The topological polar surface area (TPSA) is 54.0 Å². The van der Waals surface area contributed by atoms with Crippen molar-refractivity contribution in [2.24, 2.45) is 0 Å². The molecule has 0 bridgehead atoms. The summed E-state index contributed by atoms with van der Waals surface area (Å²) in [6.07, 6.45) is 0. The zero-order valence-electron chi connectivity index (χ0n) is 16.9. The van der Waals surface area contributed by atoms with Crippen molar-refractivity contribution in [1.82, 2.24) is 0 Å². The van der Waals surface area contributed by atoms with E-state index in [1.54, 1.807) is 19.2 Å². The molecule has 2 rings (SSSR count). The van der Waals surface area contributed by atoms with E-state index in [0.717, 1.165) is 16.6 Å². The fraction of sp³-hybridized carbons (Fsp3) is 0.381. The maximum atomic E-state index is 13.0. The minimum absolute atomic E-state index is 0. The van der Waals surface area contributed by atoms with Crippen LogP contribution in [0.2, 0.25) is 0 Å². The van der Waals surface area contributed by atoms with Gasteiger partial charge < -0.3 is 18.9 Å². The number of hydrogen-bond donors (Lipinski definition) is 0. The predicted molar refractivity (Wildman–Crippen MR) is 117 cm³/mol. The van der Waals surface area contributed by atoms with Crippen LogP contribution in [0.5, 0.6) is 23.0 Å². The van der Waals surface area contributed by atoms with Gasteiger partial charge in [0.05, 0.1) is 21.3 Å². The standard InChI is InChI=1S/C21H27O5P.Li.H/c1-13-10-14(26-21(2,3)4)8-9-18(13)27-20(22)19-16(24-6)11-15(23-5)12-17(19)25-7;;/h8-12,27H,1-7H3;;. The summed E-state index contributed by atoms with van der Waals surface area (Å²) < 4.78 is 21.9. The quantitative estimate of drug-likeness (QED) is 0.526. The molecule has 5 nitrogen and oxygen atoms in total. The normalized spacial score (nSPS) is 11.1. The zero-order valence-corrected chi connectivity index (χ0v) is 17.9. The second-order valence-electron chi connectivity index (χ2n) is 7.05. The molecule has 0 saturated heterocycles. The van der Waals surface area contributed by atoms with E-state index in [9.17, 15) is 4.79 Å². The van der Waals surface area contributed by atoms with E-state index in [-0.39, 0.29) is 38.6 Å². The fourth-order valence-electron chi connectivity index (χ4n) is 2.61. The van der Waals surface area contributed by atoms with Crippen molar-refractivity contribution in [3.8, 4) is 23.0 Å². The maximum absolute atomic E-state index is 13.0. The first kappa shape index (κ1) is 24.4. The Labute approximate surface area is 181 Å². The van der Waals surface area contributed by atoms with Crippen LogP contribution in [-0.4, -0.2) is 51.3 Å². The van der Waals surface area contributed by atoms with Crippen LogP contribution in [0.3, 0.4) is 0 Å².